The number of carbonyl (C=O) groups is 1. The van der Waals surface area contributed by atoms with Crippen LogP contribution in [0.25, 0.3) is 11.0 Å². The Bertz CT molecular complexity index is 1520. The van der Waals surface area contributed by atoms with Crippen LogP contribution in [0.15, 0.2) is 63.9 Å². The average Bonchev–Trinajstić information content (AvgIpc) is 3.17. The molecule has 1 unspecified atom stereocenters. The number of nitrogens with zero attached hydrogens (tertiary/aromatic N) is 2. The Morgan fingerprint density at radius 1 is 1.00 bits per heavy atom. The van der Waals surface area contributed by atoms with Crippen molar-refractivity contribution in [2.75, 3.05) is 18.6 Å². The first-order valence-corrected chi connectivity index (χ1v) is 12.1. The number of rotatable bonds is 7. The van der Waals surface area contributed by atoms with Crippen molar-refractivity contribution in [1.29, 1.82) is 0 Å². The molecule has 0 saturated carbocycles. The second-order valence-corrected chi connectivity index (χ2v) is 9.05. The second-order valence-electron chi connectivity index (χ2n) is 9.05. The van der Waals surface area contributed by atoms with Gasteiger partial charge in [0.2, 0.25) is 5.76 Å². The van der Waals surface area contributed by atoms with Gasteiger partial charge in [0.15, 0.2) is 16.9 Å². The maximum atomic E-state index is 13.8. The molecule has 7 heteroatoms. The van der Waals surface area contributed by atoms with Crippen LogP contribution in [0.5, 0.6) is 11.5 Å². The van der Waals surface area contributed by atoms with E-state index in [1.54, 1.807) is 25.4 Å². The van der Waals surface area contributed by atoms with E-state index in [0.29, 0.717) is 46.0 Å². The maximum Gasteiger partial charge on any atom is 0.296 e. The zero-order valence-electron chi connectivity index (χ0n) is 20.8. The molecule has 5 rings (SSSR count). The van der Waals surface area contributed by atoms with Gasteiger partial charge in [0.1, 0.15) is 11.4 Å². The van der Waals surface area contributed by atoms with Crippen LogP contribution in [0.2, 0.25) is 0 Å². The Kier molecular flexibility index (Phi) is 6.22. The molecule has 0 saturated heterocycles. The normalized spacial score (nSPS) is 14.8. The van der Waals surface area contributed by atoms with Crippen LogP contribution >= 0.6 is 0 Å². The van der Waals surface area contributed by atoms with Crippen molar-refractivity contribution in [3.05, 3.63) is 93.0 Å². The molecule has 1 amide bonds. The van der Waals surface area contributed by atoms with E-state index in [0.717, 1.165) is 24.0 Å². The van der Waals surface area contributed by atoms with Gasteiger partial charge in [0, 0.05) is 6.20 Å². The molecule has 0 fully saturated rings. The SMILES string of the molecule is CCCCOc1ccc(C2c3c(oc4ccc(C)cc4c3=O)C(=O)N2c2cc(C)ccn2)cc1OC. The summed E-state index contributed by atoms with van der Waals surface area (Å²) in [7, 11) is 1.57. The number of amides is 1. The highest BCUT2D eigenvalue weighted by Crippen LogP contribution is 2.43. The van der Waals surface area contributed by atoms with E-state index < -0.39 is 11.9 Å². The van der Waals surface area contributed by atoms with Gasteiger partial charge in [-0.2, -0.15) is 0 Å². The minimum Gasteiger partial charge on any atom is -0.493 e. The largest absolute Gasteiger partial charge is 0.493 e. The third-order valence-electron chi connectivity index (χ3n) is 6.43. The summed E-state index contributed by atoms with van der Waals surface area (Å²) in [6.07, 6.45) is 3.59. The first-order chi connectivity index (χ1) is 17.4. The zero-order chi connectivity index (χ0) is 25.4. The van der Waals surface area contributed by atoms with Crippen LogP contribution in [0.4, 0.5) is 5.82 Å². The molecule has 0 bridgehead atoms. The number of fused-ring (bicyclic) bond motifs is 2. The molecule has 1 atom stereocenters. The fourth-order valence-corrected chi connectivity index (χ4v) is 4.59. The molecule has 2 aromatic carbocycles. The number of carbonyl (C=O) groups excluding carboxylic acids is 1. The van der Waals surface area contributed by atoms with Crippen molar-refractivity contribution in [3.8, 4) is 11.5 Å². The number of ether oxygens (including phenoxy) is 2. The minimum absolute atomic E-state index is 0.0342. The molecule has 7 nitrogen and oxygen atoms in total. The summed E-state index contributed by atoms with van der Waals surface area (Å²) in [6.45, 7) is 6.52. The van der Waals surface area contributed by atoms with Crippen LogP contribution < -0.4 is 19.8 Å². The lowest BCUT2D eigenvalue weighted by molar-refractivity contribution is 0.0970. The van der Waals surface area contributed by atoms with Crippen molar-refractivity contribution in [3.63, 3.8) is 0 Å². The van der Waals surface area contributed by atoms with E-state index in [1.807, 2.05) is 50.2 Å². The number of hydrogen-bond donors (Lipinski definition) is 0. The summed E-state index contributed by atoms with van der Waals surface area (Å²) in [5.41, 5.74) is 3.02. The molecule has 0 radical (unpaired) electrons. The lowest BCUT2D eigenvalue weighted by Gasteiger charge is -2.25. The summed E-state index contributed by atoms with van der Waals surface area (Å²) in [4.78, 5) is 33.6. The zero-order valence-corrected chi connectivity index (χ0v) is 20.8. The predicted octanol–water partition coefficient (Wildman–Crippen LogP) is 5.74. The van der Waals surface area contributed by atoms with Gasteiger partial charge in [-0.3, -0.25) is 14.5 Å². The van der Waals surface area contributed by atoms with E-state index in [2.05, 4.69) is 11.9 Å². The molecule has 36 heavy (non-hydrogen) atoms. The molecule has 0 spiro atoms. The molecule has 184 valence electrons. The molecule has 1 aliphatic heterocycles. The smallest absolute Gasteiger partial charge is 0.296 e. The predicted molar refractivity (Wildman–Crippen MR) is 138 cm³/mol. The number of aryl methyl sites for hydroxylation is 2. The Balaban J connectivity index is 1.72. The van der Waals surface area contributed by atoms with E-state index in [9.17, 15) is 9.59 Å². The first-order valence-electron chi connectivity index (χ1n) is 12.1. The number of aromatic nitrogens is 1. The number of hydrogen-bond acceptors (Lipinski definition) is 6. The fraction of sp³-hybridized carbons (Fsp3) is 0.276. The van der Waals surface area contributed by atoms with Gasteiger partial charge in [0.05, 0.1) is 30.7 Å². The van der Waals surface area contributed by atoms with Gasteiger partial charge in [-0.15, -0.1) is 0 Å². The summed E-state index contributed by atoms with van der Waals surface area (Å²) in [6, 6.07) is 13.8. The van der Waals surface area contributed by atoms with Crippen LogP contribution in [-0.4, -0.2) is 24.6 Å². The van der Waals surface area contributed by atoms with E-state index in [1.165, 1.54) is 4.90 Å². The van der Waals surface area contributed by atoms with E-state index in [4.69, 9.17) is 13.9 Å². The third kappa shape index (κ3) is 4.00. The van der Waals surface area contributed by atoms with Gasteiger partial charge >= 0.3 is 0 Å². The Labute approximate surface area is 209 Å². The van der Waals surface area contributed by atoms with Crippen LogP contribution in [0.3, 0.4) is 0 Å². The van der Waals surface area contributed by atoms with Crippen LogP contribution in [0, 0.1) is 13.8 Å². The summed E-state index contributed by atoms with van der Waals surface area (Å²) in [5.74, 6) is 1.21. The van der Waals surface area contributed by atoms with Crippen LogP contribution in [0.1, 0.15) is 58.6 Å². The Hall–Kier alpha value is -4.13. The van der Waals surface area contributed by atoms with Crippen molar-refractivity contribution in [2.45, 2.75) is 39.7 Å². The van der Waals surface area contributed by atoms with Gasteiger partial charge in [0.25, 0.3) is 5.91 Å². The number of unbranched alkanes of at least 4 members (excludes halogenated alkanes) is 1. The molecule has 0 N–H and O–H groups in total. The Morgan fingerprint density at radius 3 is 2.56 bits per heavy atom. The third-order valence-corrected chi connectivity index (χ3v) is 6.43. The molecule has 3 heterocycles. The highest BCUT2D eigenvalue weighted by Gasteiger charge is 2.44. The summed E-state index contributed by atoms with van der Waals surface area (Å²) >= 11 is 0. The van der Waals surface area contributed by atoms with Crippen molar-refractivity contribution < 1.29 is 18.7 Å². The molecule has 0 aliphatic carbocycles. The van der Waals surface area contributed by atoms with Crippen molar-refractivity contribution >= 4 is 22.7 Å². The fourth-order valence-electron chi connectivity index (χ4n) is 4.59. The van der Waals surface area contributed by atoms with Crippen LogP contribution in [-0.2, 0) is 0 Å². The van der Waals surface area contributed by atoms with Gasteiger partial charge in [-0.05, 0) is 67.8 Å². The van der Waals surface area contributed by atoms with Crippen molar-refractivity contribution in [2.24, 2.45) is 0 Å². The lowest BCUT2D eigenvalue weighted by atomic mass is 9.97. The molecule has 1 aliphatic rings. The second kappa shape index (κ2) is 9.49. The number of anilines is 1. The van der Waals surface area contributed by atoms with Crippen molar-refractivity contribution in [1.82, 2.24) is 4.98 Å². The molecular weight excluding hydrogens is 456 g/mol. The quantitative estimate of drug-likeness (QED) is 0.311. The molecular formula is C29H28N2O5. The standard InChI is InChI=1S/C29H28N2O5/c1-5-6-13-35-22-10-8-19(16-23(22)34-4)26-25-27(32)20-14-17(2)7-9-21(20)36-28(25)29(33)31(26)24-15-18(3)11-12-30-24/h7-12,14-16,26H,5-6,13H2,1-4H3. The number of benzene rings is 2. The highest BCUT2D eigenvalue weighted by atomic mass is 16.5. The average molecular weight is 485 g/mol. The van der Waals surface area contributed by atoms with E-state index in [-0.39, 0.29) is 11.2 Å². The molecule has 4 aromatic rings. The highest BCUT2D eigenvalue weighted by molar-refractivity contribution is 6.10. The lowest BCUT2D eigenvalue weighted by Crippen LogP contribution is -2.30. The van der Waals surface area contributed by atoms with Gasteiger partial charge < -0.3 is 13.9 Å². The van der Waals surface area contributed by atoms with E-state index >= 15 is 0 Å². The summed E-state index contributed by atoms with van der Waals surface area (Å²) in [5, 5.41) is 0.442. The maximum absolute atomic E-state index is 13.8. The monoisotopic (exact) mass is 484 g/mol. The minimum atomic E-state index is -0.735. The number of pyridine rings is 1. The molecule has 2 aromatic heterocycles. The summed E-state index contributed by atoms with van der Waals surface area (Å²) < 4.78 is 17.6. The first kappa shape index (κ1) is 23.6. The topological polar surface area (TPSA) is 81.9 Å². The number of methoxy groups -OCH3 is 1. The van der Waals surface area contributed by atoms with Gasteiger partial charge in [-0.25, -0.2) is 4.98 Å². The Morgan fingerprint density at radius 2 is 1.81 bits per heavy atom. The van der Waals surface area contributed by atoms with Gasteiger partial charge in [-0.1, -0.05) is 31.0 Å².